The third-order valence-corrected chi connectivity index (χ3v) is 5.22. The molecule has 0 aliphatic rings. The van der Waals surface area contributed by atoms with E-state index in [0.717, 1.165) is 33.6 Å². The Labute approximate surface area is 181 Å². The van der Waals surface area contributed by atoms with Crippen LogP contribution < -0.4 is 0 Å². The smallest absolute Gasteiger partial charge is 0.148 e. The molecular weight excluding hydrogens is 374 g/mol. The number of hydrogen-bond donors (Lipinski definition) is 0. The Morgan fingerprint density at radius 2 is 0.967 bits per heavy atom. The summed E-state index contributed by atoms with van der Waals surface area (Å²) in [6, 6.07) is 8.56. The number of aliphatic imine (C=N–C) groups is 2. The molecule has 5 heteroatoms. The molecule has 0 aliphatic heterocycles. The quantitative estimate of drug-likeness (QED) is 0.426. The van der Waals surface area contributed by atoms with Gasteiger partial charge in [0.25, 0.3) is 0 Å². The Morgan fingerprint density at radius 3 is 1.23 bits per heavy atom. The third-order valence-electron chi connectivity index (χ3n) is 5.22. The Kier molecular flexibility index (Phi) is 8.47. The van der Waals surface area contributed by atoms with Crippen molar-refractivity contribution in [2.24, 2.45) is 9.98 Å². The zero-order valence-electron chi connectivity index (χ0n) is 19.8. The second-order valence-corrected chi connectivity index (χ2v) is 7.97. The van der Waals surface area contributed by atoms with Crippen molar-refractivity contribution in [1.82, 2.24) is 4.90 Å². The fourth-order valence-electron chi connectivity index (χ4n) is 3.84. The Balaban J connectivity index is 2.23. The zero-order valence-corrected chi connectivity index (χ0v) is 19.8. The Bertz CT molecular complexity index is 812. The molecule has 0 saturated heterocycles. The molecule has 2 aromatic rings. The molecule has 0 fully saturated rings. The van der Waals surface area contributed by atoms with E-state index in [4.69, 9.17) is 19.5 Å². The maximum absolute atomic E-state index is 5.67. The number of aryl methyl sites for hydroxylation is 6. The van der Waals surface area contributed by atoms with Gasteiger partial charge < -0.3 is 9.47 Å². The predicted octanol–water partition coefficient (Wildman–Crippen LogP) is 5.52. The average molecular weight is 410 g/mol. The van der Waals surface area contributed by atoms with Crippen LogP contribution in [0.1, 0.15) is 33.4 Å². The van der Waals surface area contributed by atoms with Crippen molar-refractivity contribution < 1.29 is 9.47 Å². The van der Waals surface area contributed by atoms with Crippen LogP contribution in [-0.2, 0) is 9.47 Å². The second-order valence-electron chi connectivity index (χ2n) is 7.97. The lowest BCUT2D eigenvalue weighted by Gasteiger charge is -2.28. The van der Waals surface area contributed by atoms with Crippen molar-refractivity contribution in [3.8, 4) is 0 Å². The standard InChI is InChI=1S/C25H35N3O2/c1-16-10-18(3)24(19(4)11-16)26-14-22(29-8)28(7)23(30-9)15-27-25-20(5)12-17(2)13-21(25)6/h10-15,22-23H,1-9H3. The fraction of sp³-hybridized carbons (Fsp3) is 0.440. The molecule has 2 unspecified atom stereocenters. The van der Waals surface area contributed by atoms with Gasteiger partial charge in [0, 0.05) is 26.6 Å². The minimum absolute atomic E-state index is 0.360. The minimum atomic E-state index is -0.360. The SMILES string of the molecule is COC(C=Nc1c(C)cc(C)cc1C)N(C)C(C=Nc1c(C)cc(C)cc1C)OC. The summed E-state index contributed by atoms with van der Waals surface area (Å²) in [6.07, 6.45) is 2.91. The van der Waals surface area contributed by atoms with Crippen LogP contribution in [0, 0.1) is 41.5 Å². The number of benzene rings is 2. The van der Waals surface area contributed by atoms with Crippen molar-refractivity contribution >= 4 is 23.8 Å². The molecule has 5 nitrogen and oxygen atoms in total. The normalized spacial score (nSPS) is 14.2. The van der Waals surface area contributed by atoms with Crippen molar-refractivity contribution in [3.05, 3.63) is 57.6 Å². The Hall–Kier alpha value is -2.34. The van der Waals surface area contributed by atoms with Crippen molar-refractivity contribution in [2.45, 2.75) is 54.0 Å². The molecule has 2 atom stereocenters. The maximum atomic E-state index is 5.67. The number of ether oxygens (including phenoxy) is 2. The molecule has 0 aliphatic carbocycles. The van der Waals surface area contributed by atoms with Crippen LogP contribution in [0.5, 0.6) is 0 Å². The van der Waals surface area contributed by atoms with E-state index in [1.54, 1.807) is 14.2 Å². The molecule has 30 heavy (non-hydrogen) atoms. The first-order valence-electron chi connectivity index (χ1n) is 10.2. The highest BCUT2D eigenvalue weighted by atomic mass is 16.5. The van der Waals surface area contributed by atoms with Gasteiger partial charge in [-0.05, 0) is 70.8 Å². The van der Waals surface area contributed by atoms with Crippen LogP contribution in [0.2, 0.25) is 0 Å². The topological polar surface area (TPSA) is 46.4 Å². The molecule has 2 rings (SSSR count). The zero-order chi connectivity index (χ0) is 22.4. The van der Waals surface area contributed by atoms with Gasteiger partial charge in [0.15, 0.2) is 0 Å². The monoisotopic (exact) mass is 409 g/mol. The average Bonchev–Trinajstić information content (AvgIpc) is 2.65. The van der Waals surface area contributed by atoms with E-state index in [1.807, 2.05) is 24.4 Å². The largest absolute Gasteiger partial charge is 0.361 e. The lowest BCUT2D eigenvalue weighted by Crippen LogP contribution is -2.44. The number of methoxy groups -OCH3 is 2. The van der Waals surface area contributed by atoms with Gasteiger partial charge in [0.1, 0.15) is 12.5 Å². The molecule has 0 aromatic heterocycles. The highest BCUT2D eigenvalue weighted by Gasteiger charge is 2.20. The van der Waals surface area contributed by atoms with Crippen LogP contribution in [0.4, 0.5) is 11.4 Å². The number of hydrogen-bond acceptors (Lipinski definition) is 5. The number of rotatable bonds is 8. The Morgan fingerprint density at radius 1 is 0.667 bits per heavy atom. The van der Waals surface area contributed by atoms with E-state index in [2.05, 4.69) is 65.8 Å². The van der Waals surface area contributed by atoms with Gasteiger partial charge in [0.2, 0.25) is 0 Å². The molecule has 0 heterocycles. The van der Waals surface area contributed by atoms with E-state index in [1.165, 1.54) is 11.1 Å². The minimum Gasteiger partial charge on any atom is -0.361 e. The van der Waals surface area contributed by atoms with Gasteiger partial charge in [-0.1, -0.05) is 35.4 Å². The summed E-state index contributed by atoms with van der Waals surface area (Å²) in [6.45, 7) is 12.5. The summed E-state index contributed by atoms with van der Waals surface area (Å²) in [7, 11) is 5.27. The third kappa shape index (κ3) is 5.85. The van der Waals surface area contributed by atoms with Crippen LogP contribution in [0.3, 0.4) is 0 Å². The first kappa shape index (κ1) is 23.9. The summed E-state index contributed by atoms with van der Waals surface area (Å²) in [5.74, 6) is 0. The molecule has 0 saturated carbocycles. The van der Waals surface area contributed by atoms with Crippen LogP contribution >= 0.6 is 0 Å². The van der Waals surface area contributed by atoms with E-state index < -0.39 is 0 Å². The van der Waals surface area contributed by atoms with Crippen LogP contribution in [0.25, 0.3) is 0 Å². The van der Waals surface area contributed by atoms with Gasteiger partial charge in [-0.25, -0.2) is 4.90 Å². The van der Waals surface area contributed by atoms with Crippen LogP contribution in [-0.4, -0.2) is 51.1 Å². The van der Waals surface area contributed by atoms with Gasteiger partial charge in [-0.15, -0.1) is 0 Å². The molecule has 2 aromatic carbocycles. The van der Waals surface area contributed by atoms with Crippen LogP contribution in [0.15, 0.2) is 34.3 Å². The van der Waals surface area contributed by atoms with Crippen molar-refractivity contribution in [1.29, 1.82) is 0 Å². The summed E-state index contributed by atoms with van der Waals surface area (Å²) in [5, 5.41) is 0. The fourth-order valence-corrected chi connectivity index (χ4v) is 3.84. The summed E-state index contributed by atoms with van der Waals surface area (Å²) >= 11 is 0. The van der Waals surface area contributed by atoms with E-state index in [0.29, 0.717) is 0 Å². The summed E-state index contributed by atoms with van der Waals surface area (Å²) < 4.78 is 11.3. The van der Waals surface area contributed by atoms with Crippen molar-refractivity contribution in [3.63, 3.8) is 0 Å². The highest BCUT2D eigenvalue weighted by Crippen LogP contribution is 2.26. The molecule has 0 N–H and O–H groups in total. The molecule has 0 bridgehead atoms. The first-order valence-corrected chi connectivity index (χ1v) is 10.2. The van der Waals surface area contributed by atoms with E-state index >= 15 is 0 Å². The summed E-state index contributed by atoms with van der Waals surface area (Å²) in [4.78, 5) is 11.4. The predicted molar refractivity (Wildman–Crippen MR) is 127 cm³/mol. The van der Waals surface area contributed by atoms with E-state index in [9.17, 15) is 0 Å². The lowest BCUT2D eigenvalue weighted by atomic mass is 10.1. The maximum Gasteiger partial charge on any atom is 0.148 e. The van der Waals surface area contributed by atoms with Gasteiger partial charge in [0.05, 0.1) is 11.4 Å². The van der Waals surface area contributed by atoms with Gasteiger partial charge in [-0.3, -0.25) is 9.98 Å². The first-order chi connectivity index (χ1) is 14.2. The highest BCUT2D eigenvalue weighted by molar-refractivity contribution is 5.73. The second kappa shape index (κ2) is 10.6. The number of nitrogens with zero attached hydrogens (tertiary/aromatic N) is 3. The molecule has 162 valence electrons. The van der Waals surface area contributed by atoms with E-state index in [-0.39, 0.29) is 12.5 Å². The molecule has 0 spiro atoms. The lowest BCUT2D eigenvalue weighted by molar-refractivity contribution is -0.0532. The molecule has 0 radical (unpaired) electrons. The van der Waals surface area contributed by atoms with Gasteiger partial charge >= 0.3 is 0 Å². The molecule has 0 amide bonds. The molecular formula is C25H35N3O2. The van der Waals surface area contributed by atoms with Gasteiger partial charge in [-0.2, -0.15) is 0 Å². The van der Waals surface area contributed by atoms with Crippen molar-refractivity contribution in [2.75, 3.05) is 21.3 Å². The summed E-state index contributed by atoms with van der Waals surface area (Å²) in [5.41, 5.74) is 9.03.